The van der Waals surface area contributed by atoms with Gasteiger partial charge in [-0.1, -0.05) is 6.07 Å². The standard InChI is InChI=1S/C18H18N2O4/c1-22-15-8-13(9-16(23-2)18(15)24-3)10-17(21)20-14-6-4-5-12(7-14)11-19/h4-9H,10H2,1-3H3,(H,20,21). The van der Waals surface area contributed by atoms with E-state index in [1.165, 1.54) is 21.3 Å². The van der Waals surface area contributed by atoms with E-state index < -0.39 is 0 Å². The molecular weight excluding hydrogens is 308 g/mol. The summed E-state index contributed by atoms with van der Waals surface area (Å²) in [5.41, 5.74) is 1.78. The smallest absolute Gasteiger partial charge is 0.228 e. The summed E-state index contributed by atoms with van der Waals surface area (Å²) in [7, 11) is 4.57. The number of nitrogens with zero attached hydrogens (tertiary/aromatic N) is 1. The fourth-order valence-corrected chi connectivity index (χ4v) is 2.29. The Morgan fingerprint density at radius 1 is 1.08 bits per heavy atom. The van der Waals surface area contributed by atoms with E-state index in [0.717, 1.165) is 5.56 Å². The Morgan fingerprint density at radius 2 is 1.75 bits per heavy atom. The van der Waals surface area contributed by atoms with Crippen LogP contribution in [0.2, 0.25) is 0 Å². The van der Waals surface area contributed by atoms with E-state index in [2.05, 4.69) is 5.32 Å². The van der Waals surface area contributed by atoms with Crippen molar-refractivity contribution < 1.29 is 19.0 Å². The summed E-state index contributed by atoms with van der Waals surface area (Å²) in [6, 6.07) is 12.2. The first kappa shape index (κ1) is 17.2. The van der Waals surface area contributed by atoms with Gasteiger partial charge in [0.2, 0.25) is 11.7 Å². The lowest BCUT2D eigenvalue weighted by atomic mass is 10.1. The third kappa shape index (κ3) is 3.96. The number of benzene rings is 2. The average molecular weight is 326 g/mol. The van der Waals surface area contributed by atoms with Gasteiger partial charge in [0.25, 0.3) is 0 Å². The minimum Gasteiger partial charge on any atom is -0.493 e. The highest BCUT2D eigenvalue weighted by Gasteiger charge is 2.15. The zero-order chi connectivity index (χ0) is 17.5. The highest BCUT2D eigenvalue weighted by atomic mass is 16.5. The maximum Gasteiger partial charge on any atom is 0.228 e. The second-order valence-electron chi connectivity index (χ2n) is 4.95. The van der Waals surface area contributed by atoms with Crippen LogP contribution in [0.15, 0.2) is 36.4 Å². The van der Waals surface area contributed by atoms with Crippen LogP contribution in [0.4, 0.5) is 5.69 Å². The summed E-state index contributed by atoms with van der Waals surface area (Å²) in [6.45, 7) is 0. The number of hydrogen-bond donors (Lipinski definition) is 1. The molecule has 24 heavy (non-hydrogen) atoms. The van der Waals surface area contributed by atoms with Gasteiger partial charge in [0, 0.05) is 5.69 Å². The van der Waals surface area contributed by atoms with Crippen LogP contribution in [0.25, 0.3) is 0 Å². The number of carbonyl (C=O) groups excluding carboxylic acids is 1. The third-order valence-corrected chi connectivity index (χ3v) is 3.36. The van der Waals surface area contributed by atoms with Crippen LogP contribution in [0.1, 0.15) is 11.1 Å². The summed E-state index contributed by atoms with van der Waals surface area (Å²) in [5, 5.41) is 11.7. The number of rotatable bonds is 6. The summed E-state index contributed by atoms with van der Waals surface area (Å²) in [5.74, 6) is 1.25. The molecule has 0 saturated carbocycles. The molecule has 0 bridgehead atoms. The number of amides is 1. The van der Waals surface area contributed by atoms with Crippen molar-refractivity contribution in [2.24, 2.45) is 0 Å². The van der Waals surface area contributed by atoms with Crippen LogP contribution in [0.5, 0.6) is 17.2 Å². The minimum absolute atomic E-state index is 0.132. The van der Waals surface area contributed by atoms with Crippen LogP contribution in [-0.2, 0) is 11.2 Å². The summed E-state index contributed by atoms with van der Waals surface area (Å²) >= 11 is 0. The number of nitrogens with one attached hydrogen (secondary N) is 1. The molecule has 2 aromatic rings. The molecule has 0 saturated heterocycles. The molecule has 0 fully saturated rings. The summed E-state index contributed by atoms with van der Waals surface area (Å²) in [4.78, 5) is 12.2. The number of ether oxygens (including phenoxy) is 3. The highest BCUT2D eigenvalue weighted by Crippen LogP contribution is 2.38. The monoisotopic (exact) mass is 326 g/mol. The highest BCUT2D eigenvalue weighted by molar-refractivity contribution is 5.92. The molecule has 1 N–H and O–H groups in total. The van der Waals surface area contributed by atoms with Gasteiger partial charge in [0.1, 0.15) is 0 Å². The third-order valence-electron chi connectivity index (χ3n) is 3.36. The largest absolute Gasteiger partial charge is 0.493 e. The molecule has 0 spiro atoms. The van der Waals surface area contributed by atoms with Crippen molar-refractivity contribution in [1.29, 1.82) is 5.26 Å². The number of nitriles is 1. The maximum absolute atomic E-state index is 12.2. The van der Waals surface area contributed by atoms with Gasteiger partial charge < -0.3 is 19.5 Å². The molecule has 6 heteroatoms. The molecule has 0 aliphatic rings. The van der Waals surface area contributed by atoms with E-state index in [9.17, 15) is 4.79 Å². The summed E-state index contributed by atoms with van der Waals surface area (Å²) < 4.78 is 15.8. The van der Waals surface area contributed by atoms with Crippen molar-refractivity contribution >= 4 is 11.6 Å². The Bertz CT molecular complexity index is 756. The van der Waals surface area contributed by atoms with Gasteiger partial charge in [0.15, 0.2) is 11.5 Å². The Labute approximate surface area is 140 Å². The van der Waals surface area contributed by atoms with Crippen molar-refractivity contribution in [1.82, 2.24) is 0 Å². The molecule has 0 aliphatic heterocycles. The van der Waals surface area contributed by atoms with E-state index in [1.807, 2.05) is 6.07 Å². The quantitative estimate of drug-likeness (QED) is 0.883. The lowest BCUT2D eigenvalue weighted by Gasteiger charge is -2.14. The van der Waals surface area contributed by atoms with Crippen LogP contribution < -0.4 is 19.5 Å². The number of carbonyl (C=O) groups is 1. The topological polar surface area (TPSA) is 80.6 Å². The SMILES string of the molecule is COc1cc(CC(=O)Nc2cccc(C#N)c2)cc(OC)c1OC. The number of anilines is 1. The molecule has 0 heterocycles. The second kappa shape index (κ2) is 7.88. The first-order chi connectivity index (χ1) is 11.6. The molecule has 124 valence electrons. The van der Waals surface area contributed by atoms with Crippen LogP contribution in [-0.4, -0.2) is 27.2 Å². The average Bonchev–Trinajstić information content (AvgIpc) is 2.60. The van der Waals surface area contributed by atoms with E-state index in [1.54, 1.807) is 36.4 Å². The van der Waals surface area contributed by atoms with E-state index in [4.69, 9.17) is 19.5 Å². The Morgan fingerprint density at radius 3 is 2.29 bits per heavy atom. The maximum atomic E-state index is 12.2. The molecule has 0 aliphatic carbocycles. The Kier molecular flexibility index (Phi) is 5.63. The molecular formula is C18H18N2O4. The van der Waals surface area contributed by atoms with Gasteiger partial charge in [-0.15, -0.1) is 0 Å². The Hall–Kier alpha value is -3.20. The second-order valence-corrected chi connectivity index (χ2v) is 4.95. The zero-order valence-electron chi connectivity index (χ0n) is 13.8. The van der Waals surface area contributed by atoms with Gasteiger partial charge in [-0.25, -0.2) is 0 Å². The van der Waals surface area contributed by atoms with Crippen LogP contribution in [0.3, 0.4) is 0 Å². The van der Waals surface area contributed by atoms with Gasteiger partial charge in [-0.3, -0.25) is 4.79 Å². The molecule has 0 radical (unpaired) electrons. The predicted molar refractivity (Wildman–Crippen MR) is 89.6 cm³/mol. The van der Waals surface area contributed by atoms with Crippen molar-refractivity contribution in [2.75, 3.05) is 26.6 Å². The van der Waals surface area contributed by atoms with Gasteiger partial charge >= 0.3 is 0 Å². The van der Waals surface area contributed by atoms with Crippen molar-refractivity contribution in [3.63, 3.8) is 0 Å². The first-order valence-corrected chi connectivity index (χ1v) is 7.20. The Balaban J connectivity index is 2.18. The molecule has 1 amide bonds. The van der Waals surface area contributed by atoms with Crippen molar-refractivity contribution in [3.05, 3.63) is 47.5 Å². The fraction of sp³-hybridized carbons (Fsp3) is 0.222. The predicted octanol–water partition coefficient (Wildman–Crippen LogP) is 2.77. The molecule has 2 rings (SSSR count). The molecule has 6 nitrogen and oxygen atoms in total. The summed E-state index contributed by atoms with van der Waals surface area (Å²) in [6.07, 6.45) is 0.132. The van der Waals surface area contributed by atoms with Crippen LogP contribution >= 0.6 is 0 Å². The lowest BCUT2D eigenvalue weighted by molar-refractivity contribution is -0.115. The minimum atomic E-state index is -0.209. The number of methoxy groups -OCH3 is 3. The normalized spacial score (nSPS) is 9.75. The molecule has 0 atom stereocenters. The van der Waals surface area contributed by atoms with E-state index >= 15 is 0 Å². The molecule has 0 aromatic heterocycles. The van der Waals surface area contributed by atoms with Gasteiger partial charge in [-0.2, -0.15) is 5.26 Å². The zero-order valence-corrected chi connectivity index (χ0v) is 13.8. The van der Waals surface area contributed by atoms with Gasteiger partial charge in [0.05, 0.1) is 39.4 Å². The van der Waals surface area contributed by atoms with Gasteiger partial charge in [-0.05, 0) is 35.9 Å². The first-order valence-electron chi connectivity index (χ1n) is 7.20. The lowest BCUT2D eigenvalue weighted by Crippen LogP contribution is -2.14. The number of hydrogen-bond acceptors (Lipinski definition) is 5. The fourth-order valence-electron chi connectivity index (χ4n) is 2.29. The van der Waals surface area contributed by atoms with Crippen LogP contribution in [0, 0.1) is 11.3 Å². The van der Waals surface area contributed by atoms with Crippen molar-refractivity contribution in [3.8, 4) is 23.3 Å². The molecule has 2 aromatic carbocycles. The van der Waals surface area contributed by atoms with E-state index in [0.29, 0.717) is 28.5 Å². The molecule has 0 unspecified atom stereocenters. The van der Waals surface area contributed by atoms with Crippen molar-refractivity contribution in [2.45, 2.75) is 6.42 Å². The van der Waals surface area contributed by atoms with E-state index in [-0.39, 0.29) is 12.3 Å².